The van der Waals surface area contributed by atoms with Crippen molar-refractivity contribution in [2.75, 3.05) is 11.9 Å². The Balaban J connectivity index is 1.16. The van der Waals surface area contributed by atoms with Gasteiger partial charge in [0.15, 0.2) is 5.78 Å². The molecule has 0 unspecified atom stereocenters. The molecule has 0 saturated carbocycles. The molecule has 0 saturated heterocycles. The predicted molar refractivity (Wildman–Crippen MR) is 218 cm³/mol. The van der Waals surface area contributed by atoms with Crippen molar-refractivity contribution < 1.29 is 18.4 Å². The van der Waals surface area contributed by atoms with Crippen molar-refractivity contribution in [2.45, 2.75) is 19.3 Å². The fraction of sp³-hybridized carbons (Fsp3) is 0.0816. The Morgan fingerprint density at radius 2 is 1.18 bits per heavy atom. The summed E-state index contributed by atoms with van der Waals surface area (Å²) in [5, 5.41) is 0. The molecular weight excluding hydrogens is 687 g/mol. The van der Waals surface area contributed by atoms with Crippen molar-refractivity contribution in [3.63, 3.8) is 0 Å². The zero-order chi connectivity index (χ0) is 38.3. The topological polar surface area (TPSA) is 49.7 Å². The molecule has 0 spiro atoms. The van der Waals surface area contributed by atoms with E-state index in [0.29, 0.717) is 39.1 Å². The summed E-state index contributed by atoms with van der Waals surface area (Å²) in [4.78, 5) is 35.4. The maximum absolute atomic E-state index is 14.3. The molecule has 55 heavy (non-hydrogen) atoms. The van der Waals surface area contributed by atoms with Crippen LogP contribution in [-0.2, 0) is 15.0 Å². The number of hydrogen-bond acceptors (Lipinski definition) is 4. The average Bonchev–Trinajstić information content (AvgIpc) is 3.39. The van der Waals surface area contributed by atoms with Gasteiger partial charge in [-0.25, -0.2) is 8.78 Å². The van der Waals surface area contributed by atoms with Gasteiger partial charge >= 0.3 is 0 Å². The Hall–Kier alpha value is -6.79. The zero-order valence-electron chi connectivity index (χ0n) is 30.6. The molecule has 2 aliphatic carbocycles. The van der Waals surface area contributed by atoms with Crippen LogP contribution in [0, 0.1) is 11.6 Å². The van der Waals surface area contributed by atoms with Gasteiger partial charge in [-0.2, -0.15) is 0 Å². The minimum Gasteiger partial charge on any atom is -0.346 e. The van der Waals surface area contributed by atoms with E-state index in [4.69, 9.17) is 4.99 Å². The van der Waals surface area contributed by atoms with E-state index in [2.05, 4.69) is 30.9 Å². The number of carbonyl (C=O) groups excluding carboxylic acids is 2. The van der Waals surface area contributed by atoms with Gasteiger partial charge < -0.3 is 4.90 Å². The second-order valence-corrected chi connectivity index (χ2v) is 14.2. The Morgan fingerprint density at radius 1 is 0.655 bits per heavy atom. The lowest BCUT2D eigenvalue weighted by molar-refractivity contribution is -0.110. The monoisotopic (exact) mass is 722 g/mol. The number of benzene rings is 5. The molecule has 1 aliphatic heterocycles. The SMILES string of the molecule is CN1/C(=C\N=C2C(=O)C(/C=C\C3=Cc4ccccc4/C(=C/C=C(c4ccc(F)cc4)c4ccc(F)cc4)C3=O)=Cc3ccccc32)C(C)(C)c2ccccc21. The molecule has 8 rings (SSSR count). The van der Waals surface area contributed by atoms with E-state index in [0.717, 1.165) is 33.6 Å². The predicted octanol–water partition coefficient (Wildman–Crippen LogP) is 10.7. The van der Waals surface area contributed by atoms with E-state index in [9.17, 15) is 18.4 Å². The number of carbonyl (C=O) groups is 2. The number of para-hydroxylation sites is 1. The van der Waals surface area contributed by atoms with Crippen molar-refractivity contribution in [1.82, 2.24) is 0 Å². The number of rotatable bonds is 6. The molecule has 0 atom stereocenters. The molecule has 268 valence electrons. The third-order valence-electron chi connectivity index (χ3n) is 10.5. The first kappa shape index (κ1) is 35.3. The number of hydrogen-bond donors (Lipinski definition) is 0. The fourth-order valence-electron chi connectivity index (χ4n) is 7.57. The number of allylic oxidation sites excluding steroid dienone is 8. The molecule has 6 heteroatoms. The second-order valence-electron chi connectivity index (χ2n) is 14.2. The molecule has 0 N–H and O–H groups in total. The van der Waals surface area contributed by atoms with E-state index in [-0.39, 0.29) is 28.6 Å². The first-order chi connectivity index (χ1) is 26.6. The summed E-state index contributed by atoms with van der Waals surface area (Å²) in [5.41, 5.74) is 9.88. The molecule has 3 aliphatic rings. The van der Waals surface area contributed by atoms with Crippen LogP contribution in [0.1, 0.15) is 52.8 Å². The molecule has 5 aromatic rings. The van der Waals surface area contributed by atoms with Crippen LogP contribution < -0.4 is 4.90 Å². The van der Waals surface area contributed by atoms with Crippen LogP contribution in [0.15, 0.2) is 174 Å². The highest BCUT2D eigenvalue weighted by Gasteiger charge is 2.38. The second kappa shape index (κ2) is 14.2. The van der Waals surface area contributed by atoms with Gasteiger partial charge in [-0.15, -0.1) is 0 Å². The number of anilines is 1. The highest BCUT2D eigenvalue weighted by atomic mass is 19.1. The van der Waals surface area contributed by atoms with Gasteiger partial charge in [0.2, 0.25) is 5.78 Å². The molecule has 0 aromatic heterocycles. The van der Waals surface area contributed by atoms with Crippen molar-refractivity contribution in [3.8, 4) is 0 Å². The number of likely N-dealkylation sites (N-methyl/N-ethyl adjacent to an activating group) is 1. The minimum atomic E-state index is -0.375. The Morgan fingerprint density at radius 3 is 1.80 bits per heavy atom. The zero-order valence-corrected chi connectivity index (χ0v) is 30.6. The lowest BCUT2D eigenvalue weighted by Crippen LogP contribution is -2.24. The highest BCUT2D eigenvalue weighted by Crippen LogP contribution is 2.46. The van der Waals surface area contributed by atoms with Crippen molar-refractivity contribution in [1.29, 1.82) is 0 Å². The Bertz CT molecular complexity index is 2570. The first-order valence-electron chi connectivity index (χ1n) is 18.1. The molecule has 0 bridgehead atoms. The number of Topliss-reactive ketones (excluding diaryl/α,β-unsaturated/α-hetero) is 2. The van der Waals surface area contributed by atoms with Gasteiger partial charge in [-0.1, -0.05) is 123 Å². The normalized spacial score (nSPS) is 18.0. The summed E-state index contributed by atoms with van der Waals surface area (Å²) >= 11 is 0. The quantitative estimate of drug-likeness (QED) is 0.164. The fourth-order valence-corrected chi connectivity index (χ4v) is 7.57. The minimum absolute atomic E-state index is 0.224. The van der Waals surface area contributed by atoms with Crippen molar-refractivity contribution in [2.24, 2.45) is 4.99 Å². The van der Waals surface area contributed by atoms with Gasteiger partial charge in [0.25, 0.3) is 0 Å². The number of ketones is 2. The molecule has 0 fully saturated rings. The summed E-state index contributed by atoms with van der Waals surface area (Å²) in [5.74, 6) is -1.22. The van der Waals surface area contributed by atoms with E-state index >= 15 is 0 Å². The van der Waals surface area contributed by atoms with E-state index < -0.39 is 0 Å². The van der Waals surface area contributed by atoms with Gasteiger partial charge in [0.05, 0.1) is 0 Å². The summed E-state index contributed by atoms with van der Waals surface area (Å²) in [6.07, 6.45) is 12.4. The van der Waals surface area contributed by atoms with Crippen LogP contribution in [0.3, 0.4) is 0 Å². The van der Waals surface area contributed by atoms with Crippen LogP contribution in [-0.4, -0.2) is 24.3 Å². The van der Waals surface area contributed by atoms with Crippen LogP contribution >= 0.6 is 0 Å². The molecule has 1 heterocycles. The van der Waals surface area contributed by atoms with Crippen LogP contribution in [0.5, 0.6) is 0 Å². The summed E-state index contributed by atoms with van der Waals surface area (Å²) < 4.78 is 27.8. The summed E-state index contributed by atoms with van der Waals surface area (Å²) in [6.45, 7) is 4.31. The largest absolute Gasteiger partial charge is 0.346 e. The molecule has 5 aromatic carbocycles. The van der Waals surface area contributed by atoms with Crippen molar-refractivity contribution >= 4 is 46.3 Å². The first-order valence-corrected chi connectivity index (χ1v) is 18.1. The van der Waals surface area contributed by atoms with E-state index in [1.54, 1.807) is 54.8 Å². The Kier molecular flexibility index (Phi) is 9.11. The Labute approximate surface area is 319 Å². The maximum atomic E-state index is 14.3. The maximum Gasteiger partial charge on any atom is 0.211 e. The standard InChI is InChI=1S/C49H36F2N2O2/c1-49(2)43-14-8-9-15-44(43)53(3)45(49)30-52-46-41-13-7-5-11-34(41)29-36(48(46)55)17-16-35-28-33-10-4-6-12-40(33)42(47(35)54)27-26-39(31-18-22-37(50)23-19-31)32-20-24-38(51)25-21-32/h4-30H,1-3H3/b17-16-,42-27-,45-30-,52-46?. The third kappa shape index (κ3) is 6.57. The molecular formula is C49H36F2N2O2. The van der Waals surface area contributed by atoms with Crippen LogP contribution in [0.25, 0.3) is 23.3 Å². The number of halogens is 2. The smallest absolute Gasteiger partial charge is 0.211 e. The lowest BCUT2D eigenvalue weighted by Gasteiger charge is -2.23. The van der Waals surface area contributed by atoms with Gasteiger partial charge in [-0.3, -0.25) is 14.6 Å². The molecule has 0 amide bonds. The number of nitrogens with zero attached hydrogens (tertiary/aromatic N) is 2. The van der Waals surface area contributed by atoms with Gasteiger partial charge in [0, 0.05) is 52.3 Å². The summed E-state index contributed by atoms with van der Waals surface area (Å²) in [7, 11) is 2.02. The van der Waals surface area contributed by atoms with Crippen molar-refractivity contribution in [3.05, 3.63) is 219 Å². The lowest BCUT2D eigenvalue weighted by atomic mass is 9.84. The molecule has 0 radical (unpaired) electrons. The van der Waals surface area contributed by atoms with Crippen LogP contribution in [0.2, 0.25) is 0 Å². The third-order valence-corrected chi connectivity index (χ3v) is 10.5. The molecule has 4 nitrogen and oxygen atoms in total. The van der Waals surface area contributed by atoms with Gasteiger partial charge in [0.1, 0.15) is 17.3 Å². The van der Waals surface area contributed by atoms with Gasteiger partial charge in [-0.05, 0) is 87.5 Å². The van der Waals surface area contributed by atoms with E-state index in [1.165, 1.54) is 29.8 Å². The highest BCUT2D eigenvalue weighted by molar-refractivity contribution is 6.54. The van der Waals surface area contributed by atoms with Crippen LogP contribution in [0.4, 0.5) is 14.5 Å². The number of aliphatic imine (C=N–C) groups is 1. The van der Waals surface area contributed by atoms with E-state index in [1.807, 2.05) is 79.9 Å². The average molecular weight is 723 g/mol. The summed E-state index contributed by atoms with van der Waals surface area (Å²) in [6, 6.07) is 35.6. The number of fused-ring (bicyclic) bond motifs is 3.